The molecule has 0 amide bonds. The number of methoxy groups -OCH3 is 1. The molecule has 1 aliphatic heterocycles. The van der Waals surface area contributed by atoms with Crippen LogP contribution in [-0.2, 0) is 0 Å². The van der Waals surface area contributed by atoms with E-state index in [0.717, 1.165) is 37.4 Å². The van der Waals surface area contributed by atoms with E-state index in [4.69, 9.17) is 9.47 Å². The fourth-order valence-electron chi connectivity index (χ4n) is 2.41. The Morgan fingerprint density at radius 2 is 2.05 bits per heavy atom. The van der Waals surface area contributed by atoms with Gasteiger partial charge in [0.1, 0.15) is 11.5 Å². The highest BCUT2D eigenvalue weighted by Crippen LogP contribution is 2.19. The molecule has 0 bridgehead atoms. The first kappa shape index (κ1) is 14.2. The Bertz CT molecular complexity index is 360. The van der Waals surface area contributed by atoms with Crippen LogP contribution >= 0.6 is 0 Å². The summed E-state index contributed by atoms with van der Waals surface area (Å²) < 4.78 is 10.7. The molecule has 4 heteroatoms. The summed E-state index contributed by atoms with van der Waals surface area (Å²) in [6, 6.07) is 7.51. The molecule has 2 atom stereocenters. The Kier molecular flexibility index (Phi) is 5.48. The second-order valence-corrected chi connectivity index (χ2v) is 4.99. The predicted molar refractivity (Wildman–Crippen MR) is 74.7 cm³/mol. The lowest BCUT2D eigenvalue weighted by Gasteiger charge is -2.27. The van der Waals surface area contributed by atoms with Crippen molar-refractivity contribution in [2.75, 3.05) is 26.8 Å². The Labute approximate surface area is 114 Å². The van der Waals surface area contributed by atoms with Crippen molar-refractivity contribution >= 4 is 0 Å². The maximum atomic E-state index is 10.1. The molecule has 4 nitrogen and oxygen atoms in total. The average molecular weight is 265 g/mol. The molecule has 1 heterocycles. The number of aliphatic hydroxyl groups excluding tert-OH is 1. The number of hydrogen-bond acceptors (Lipinski definition) is 4. The topological polar surface area (TPSA) is 50.7 Å². The minimum Gasteiger partial charge on any atom is -0.497 e. The summed E-state index contributed by atoms with van der Waals surface area (Å²) in [5, 5.41) is 13.4. The van der Waals surface area contributed by atoms with E-state index in [-0.39, 0.29) is 6.10 Å². The molecule has 2 rings (SSSR count). The summed E-state index contributed by atoms with van der Waals surface area (Å²) in [5.41, 5.74) is 0. The number of ether oxygens (including phenoxy) is 2. The van der Waals surface area contributed by atoms with Gasteiger partial charge in [-0.3, -0.25) is 0 Å². The van der Waals surface area contributed by atoms with E-state index in [2.05, 4.69) is 5.32 Å². The molecule has 0 aliphatic carbocycles. The molecular weight excluding hydrogens is 242 g/mol. The van der Waals surface area contributed by atoms with Crippen molar-refractivity contribution in [2.45, 2.75) is 25.4 Å². The molecule has 0 spiro atoms. The Balaban J connectivity index is 1.69. The van der Waals surface area contributed by atoms with Gasteiger partial charge < -0.3 is 19.9 Å². The largest absolute Gasteiger partial charge is 0.497 e. The minimum atomic E-state index is -0.272. The van der Waals surface area contributed by atoms with Crippen molar-refractivity contribution < 1.29 is 14.6 Å². The molecular formula is C15H23NO3. The van der Waals surface area contributed by atoms with E-state index in [9.17, 15) is 5.11 Å². The maximum absolute atomic E-state index is 10.1. The van der Waals surface area contributed by atoms with Gasteiger partial charge in [0, 0.05) is 13.0 Å². The van der Waals surface area contributed by atoms with Crippen LogP contribution in [0.4, 0.5) is 0 Å². The zero-order valence-corrected chi connectivity index (χ0v) is 11.5. The minimum absolute atomic E-state index is 0.272. The third kappa shape index (κ3) is 4.40. The second kappa shape index (κ2) is 7.36. The normalized spacial score (nSPS) is 20.8. The van der Waals surface area contributed by atoms with Crippen molar-refractivity contribution in [3.05, 3.63) is 24.3 Å². The maximum Gasteiger partial charge on any atom is 0.119 e. The van der Waals surface area contributed by atoms with Crippen LogP contribution in [0.15, 0.2) is 24.3 Å². The van der Waals surface area contributed by atoms with Crippen LogP contribution in [0.5, 0.6) is 11.5 Å². The third-order valence-electron chi connectivity index (χ3n) is 3.62. The molecule has 2 N–H and O–H groups in total. The van der Waals surface area contributed by atoms with Gasteiger partial charge in [0.2, 0.25) is 0 Å². The number of rotatable bonds is 6. The lowest BCUT2D eigenvalue weighted by Crippen LogP contribution is -2.37. The molecule has 1 aromatic carbocycles. The Hall–Kier alpha value is -1.26. The lowest BCUT2D eigenvalue weighted by atomic mass is 9.92. The SMILES string of the molecule is COc1ccc(OCCC(O)C2CCCNC2)cc1. The fraction of sp³-hybridized carbons (Fsp3) is 0.600. The van der Waals surface area contributed by atoms with Crippen molar-refractivity contribution in [3.8, 4) is 11.5 Å². The van der Waals surface area contributed by atoms with Gasteiger partial charge in [0.15, 0.2) is 0 Å². The van der Waals surface area contributed by atoms with Gasteiger partial charge >= 0.3 is 0 Å². The van der Waals surface area contributed by atoms with E-state index in [1.807, 2.05) is 24.3 Å². The first-order valence-electron chi connectivity index (χ1n) is 6.95. The van der Waals surface area contributed by atoms with Gasteiger partial charge in [-0.25, -0.2) is 0 Å². The Morgan fingerprint density at radius 1 is 1.32 bits per heavy atom. The highest BCUT2D eigenvalue weighted by molar-refractivity contribution is 5.31. The highest BCUT2D eigenvalue weighted by Gasteiger charge is 2.21. The lowest BCUT2D eigenvalue weighted by molar-refractivity contribution is 0.0702. The van der Waals surface area contributed by atoms with E-state index >= 15 is 0 Å². The molecule has 0 radical (unpaired) electrons. The zero-order valence-electron chi connectivity index (χ0n) is 11.5. The van der Waals surface area contributed by atoms with Crippen LogP contribution in [0, 0.1) is 5.92 Å². The summed E-state index contributed by atoms with van der Waals surface area (Å²) in [6.07, 6.45) is 2.67. The van der Waals surface area contributed by atoms with Crippen LogP contribution < -0.4 is 14.8 Å². The summed E-state index contributed by atoms with van der Waals surface area (Å²) in [7, 11) is 1.64. The Morgan fingerprint density at radius 3 is 2.68 bits per heavy atom. The van der Waals surface area contributed by atoms with Crippen molar-refractivity contribution in [1.82, 2.24) is 5.32 Å². The van der Waals surface area contributed by atoms with Gasteiger partial charge in [0.25, 0.3) is 0 Å². The van der Waals surface area contributed by atoms with Gasteiger partial charge in [-0.1, -0.05) is 0 Å². The van der Waals surface area contributed by atoms with Crippen LogP contribution in [0.1, 0.15) is 19.3 Å². The molecule has 0 aromatic heterocycles. The van der Waals surface area contributed by atoms with Crippen molar-refractivity contribution in [1.29, 1.82) is 0 Å². The van der Waals surface area contributed by atoms with Gasteiger partial charge in [0.05, 0.1) is 19.8 Å². The van der Waals surface area contributed by atoms with Crippen LogP contribution in [0.25, 0.3) is 0 Å². The molecule has 19 heavy (non-hydrogen) atoms. The molecule has 0 saturated carbocycles. The fourth-order valence-corrected chi connectivity index (χ4v) is 2.41. The highest BCUT2D eigenvalue weighted by atomic mass is 16.5. The zero-order chi connectivity index (χ0) is 13.5. The van der Waals surface area contributed by atoms with E-state index in [0.29, 0.717) is 18.9 Å². The summed E-state index contributed by atoms with van der Waals surface area (Å²) in [6.45, 7) is 2.54. The molecule has 106 valence electrons. The van der Waals surface area contributed by atoms with Crippen molar-refractivity contribution in [2.24, 2.45) is 5.92 Å². The van der Waals surface area contributed by atoms with Crippen LogP contribution in [0.2, 0.25) is 0 Å². The van der Waals surface area contributed by atoms with Crippen LogP contribution in [-0.4, -0.2) is 38.0 Å². The summed E-state index contributed by atoms with van der Waals surface area (Å²) in [5.74, 6) is 2.00. The number of aliphatic hydroxyl groups is 1. The molecule has 1 aromatic rings. The molecule has 1 saturated heterocycles. The number of nitrogens with one attached hydrogen (secondary N) is 1. The van der Waals surface area contributed by atoms with Gasteiger partial charge in [-0.15, -0.1) is 0 Å². The standard InChI is InChI=1S/C15H23NO3/c1-18-13-4-6-14(7-5-13)19-10-8-15(17)12-3-2-9-16-11-12/h4-7,12,15-17H,2-3,8-11H2,1H3. The number of hydrogen-bond donors (Lipinski definition) is 2. The van der Waals surface area contributed by atoms with E-state index in [1.54, 1.807) is 7.11 Å². The third-order valence-corrected chi connectivity index (χ3v) is 3.62. The number of piperidine rings is 1. The summed E-state index contributed by atoms with van der Waals surface area (Å²) >= 11 is 0. The monoisotopic (exact) mass is 265 g/mol. The van der Waals surface area contributed by atoms with Crippen molar-refractivity contribution in [3.63, 3.8) is 0 Å². The first-order valence-corrected chi connectivity index (χ1v) is 6.95. The van der Waals surface area contributed by atoms with Crippen LogP contribution in [0.3, 0.4) is 0 Å². The second-order valence-electron chi connectivity index (χ2n) is 4.99. The number of benzene rings is 1. The summed E-state index contributed by atoms with van der Waals surface area (Å²) in [4.78, 5) is 0. The quantitative estimate of drug-likeness (QED) is 0.824. The smallest absolute Gasteiger partial charge is 0.119 e. The predicted octanol–water partition coefficient (Wildman–Crippen LogP) is 1.82. The molecule has 1 aliphatic rings. The molecule has 1 fully saturated rings. The first-order chi connectivity index (χ1) is 9.29. The molecule has 2 unspecified atom stereocenters. The van der Waals surface area contributed by atoms with Gasteiger partial charge in [-0.05, 0) is 49.6 Å². The van der Waals surface area contributed by atoms with Gasteiger partial charge in [-0.2, -0.15) is 0 Å². The average Bonchev–Trinajstić information content (AvgIpc) is 2.49. The van der Waals surface area contributed by atoms with E-state index < -0.39 is 0 Å². The van der Waals surface area contributed by atoms with E-state index in [1.165, 1.54) is 0 Å².